The van der Waals surface area contributed by atoms with E-state index in [9.17, 15) is 0 Å². The number of nitrogens with zero attached hydrogens (tertiary/aromatic N) is 4. The lowest BCUT2D eigenvalue weighted by Gasteiger charge is -2.12. The largest absolute Gasteiger partial charge is 0.492 e. The molecule has 2 N–H and O–H groups in total. The van der Waals surface area contributed by atoms with E-state index < -0.39 is 0 Å². The standard InChI is InChI=1S/C18H21BrN6O.HI/c1-2-20-18(21-9-11-26-15-7-5-6-14(19)12-15)22-13-17-24-23-16-8-3-4-10-25(16)17;/h3-8,10,12H,2,9,11,13H2,1H3,(H2,20,21,22);1H. The zero-order chi connectivity index (χ0) is 18.2. The van der Waals surface area contributed by atoms with E-state index in [1.165, 1.54) is 0 Å². The molecule has 0 fully saturated rings. The van der Waals surface area contributed by atoms with Gasteiger partial charge < -0.3 is 15.4 Å². The van der Waals surface area contributed by atoms with Gasteiger partial charge >= 0.3 is 0 Å². The normalized spacial score (nSPS) is 11.1. The monoisotopic (exact) mass is 544 g/mol. The smallest absolute Gasteiger partial charge is 0.191 e. The second-order valence-electron chi connectivity index (χ2n) is 5.47. The van der Waals surface area contributed by atoms with Gasteiger partial charge in [0.2, 0.25) is 0 Å². The minimum Gasteiger partial charge on any atom is -0.492 e. The van der Waals surface area contributed by atoms with Crippen LogP contribution in [0, 0.1) is 0 Å². The fraction of sp³-hybridized carbons (Fsp3) is 0.278. The average Bonchev–Trinajstić information content (AvgIpc) is 3.06. The van der Waals surface area contributed by atoms with Crippen molar-refractivity contribution in [1.29, 1.82) is 0 Å². The predicted octanol–water partition coefficient (Wildman–Crippen LogP) is 3.24. The molecule has 0 unspecified atom stereocenters. The van der Waals surface area contributed by atoms with Crippen LogP contribution < -0.4 is 15.4 Å². The Morgan fingerprint density at radius 2 is 2.07 bits per heavy atom. The van der Waals surface area contributed by atoms with Crippen LogP contribution >= 0.6 is 39.9 Å². The van der Waals surface area contributed by atoms with Crippen LogP contribution in [0.1, 0.15) is 12.7 Å². The molecule has 7 nitrogen and oxygen atoms in total. The fourth-order valence-electron chi connectivity index (χ4n) is 2.39. The summed E-state index contributed by atoms with van der Waals surface area (Å²) >= 11 is 3.43. The summed E-state index contributed by atoms with van der Waals surface area (Å²) in [6.07, 6.45) is 1.94. The molecule has 2 aromatic heterocycles. The van der Waals surface area contributed by atoms with Crippen molar-refractivity contribution in [2.24, 2.45) is 4.99 Å². The fourth-order valence-corrected chi connectivity index (χ4v) is 2.76. The molecule has 3 rings (SSSR count). The number of hydrogen-bond donors (Lipinski definition) is 2. The van der Waals surface area contributed by atoms with Crippen molar-refractivity contribution >= 4 is 51.5 Å². The van der Waals surface area contributed by atoms with Crippen molar-refractivity contribution in [3.05, 3.63) is 59.0 Å². The molecule has 3 aromatic rings. The Kier molecular flexibility index (Phi) is 8.79. The van der Waals surface area contributed by atoms with E-state index in [0.717, 1.165) is 34.2 Å². The molecule has 27 heavy (non-hydrogen) atoms. The van der Waals surface area contributed by atoms with E-state index in [2.05, 4.69) is 41.8 Å². The zero-order valence-corrected chi connectivity index (χ0v) is 18.8. The Hall–Kier alpha value is -1.88. The quantitative estimate of drug-likeness (QED) is 0.207. The first-order valence-corrected chi connectivity index (χ1v) is 9.25. The van der Waals surface area contributed by atoms with Crippen LogP contribution in [-0.2, 0) is 6.54 Å². The lowest BCUT2D eigenvalue weighted by molar-refractivity contribution is 0.321. The maximum absolute atomic E-state index is 5.72. The van der Waals surface area contributed by atoms with Crippen molar-refractivity contribution in [3.8, 4) is 5.75 Å². The highest BCUT2D eigenvalue weighted by Gasteiger charge is 2.04. The molecule has 9 heteroatoms. The molecule has 0 radical (unpaired) electrons. The number of halogens is 2. The van der Waals surface area contributed by atoms with Gasteiger partial charge in [-0.2, -0.15) is 0 Å². The maximum Gasteiger partial charge on any atom is 0.191 e. The Bertz CT molecular complexity index is 885. The number of hydrogen-bond acceptors (Lipinski definition) is 4. The van der Waals surface area contributed by atoms with Crippen LogP contribution in [0.4, 0.5) is 0 Å². The van der Waals surface area contributed by atoms with E-state index >= 15 is 0 Å². The Balaban J connectivity index is 0.00000261. The summed E-state index contributed by atoms with van der Waals surface area (Å²) in [6.45, 7) is 4.42. The molecule has 0 amide bonds. The lowest BCUT2D eigenvalue weighted by Crippen LogP contribution is -2.39. The molecule has 0 aliphatic heterocycles. The van der Waals surface area contributed by atoms with Crippen molar-refractivity contribution in [2.45, 2.75) is 13.5 Å². The number of rotatable bonds is 7. The number of ether oxygens (including phenoxy) is 1. The van der Waals surface area contributed by atoms with Crippen molar-refractivity contribution in [3.63, 3.8) is 0 Å². The SMILES string of the molecule is CCNC(=NCc1nnc2ccccn12)NCCOc1cccc(Br)c1.I. The average molecular weight is 545 g/mol. The number of guanidine groups is 1. The zero-order valence-electron chi connectivity index (χ0n) is 14.9. The molecule has 144 valence electrons. The van der Waals surface area contributed by atoms with Crippen LogP contribution in [0.2, 0.25) is 0 Å². The molecular formula is C18H22BrIN6O. The van der Waals surface area contributed by atoms with Gasteiger partial charge in [-0.15, -0.1) is 34.2 Å². The molecule has 0 aliphatic rings. The number of fused-ring (bicyclic) bond motifs is 1. The van der Waals surface area contributed by atoms with Crippen molar-refractivity contribution < 1.29 is 4.74 Å². The number of nitrogens with one attached hydrogen (secondary N) is 2. The predicted molar refractivity (Wildman–Crippen MR) is 121 cm³/mol. The minimum atomic E-state index is 0. The number of aliphatic imine (C=N–C) groups is 1. The lowest BCUT2D eigenvalue weighted by atomic mass is 10.3. The van der Waals surface area contributed by atoms with Crippen LogP contribution in [0.25, 0.3) is 5.65 Å². The summed E-state index contributed by atoms with van der Waals surface area (Å²) in [5.74, 6) is 2.35. The first-order valence-electron chi connectivity index (χ1n) is 8.45. The summed E-state index contributed by atoms with van der Waals surface area (Å²) in [5.41, 5.74) is 0.818. The van der Waals surface area contributed by atoms with Gasteiger partial charge in [-0.3, -0.25) is 4.40 Å². The number of benzene rings is 1. The highest BCUT2D eigenvalue weighted by Crippen LogP contribution is 2.17. The van der Waals surface area contributed by atoms with Gasteiger partial charge in [0.15, 0.2) is 17.4 Å². The van der Waals surface area contributed by atoms with Gasteiger partial charge in [-0.25, -0.2) is 4.99 Å². The number of pyridine rings is 1. The highest BCUT2D eigenvalue weighted by atomic mass is 127. The van der Waals surface area contributed by atoms with E-state index in [4.69, 9.17) is 4.74 Å². The summed E-state index contributed by atoms with van der Waals surface area (Å²) in [5, 5.41) is 14.8. The molecule has 0 atom stereocenters. The summed E-state index contributed by atoms with van der Waals surface area (Å²) in [4.78, 5) is 4.57. The Morgan fingerprint density at radius 1 is 1.19 bits per heavy atom. The topological polar surface area (TPSA) is 75.8 Å². The van der Waals surface area contributed by atoms with Crippen LogP contribution in [0.15, 0.2) is 58.1 Å². The molecule has 0 saturated heterocycles. The summed E-state index contributed by atoms with van der Waals surface area (Å²) in [6, 6.07) is 13.6. The van der Waals surface area contributed by atoms with Gasteiger partial charge in [0.1, 0.15) is 18.9 Å². The molecule has 0 spiro atoms. The third-order valence-electron chi connectivity index (χ3n) is 3.57. The second-order valence-corrected chi connectivity index (χ2v) is 6.39. The molecule has 2 heterocycles. The first-order chi connectivity index (χ1) is 12.8. The molecule has 0 aliphatic carbocycles. The number of aromatic nitrogens is 3. The second kappa shape index (κ2) is 11.1. The van der Waals surface area contributed by atoms with Crippen LogP contribution in [0.3, 0.4) is 0 Å². The molecule has 0 bridgehead atoms. The van der Waals surface area contributed by atoms with E-state index in [1.807, 2.05) is 60.0 Å². The summed E-state index contributed by atoms with van der Waals surface area (Å²) in [7, 11) is 0. The highest BCUT2D eigenvalue weighted by molar-refractivity contribution is 14.0. The Morgan fingerprint density at radius 3 is 2.89 bits per heavy atom. The van der Waals surface area contributed by atoms with Crippen LogP contribution in [-0.4, -0.2) is 40.3 Å². The molecule has 0 saturated carbocycles. The van der Waals surface area contributed by atoms with E-state index in [-0.39, 0.29) is 24.0 Å². The maximum atomic E-state index is 5.72. The Labute approximate surface area is 183 Å². The van der Waals surface area contributed by atoms with Gasteiger partial charge in [0.25, 0.3) is 0 Å². The van der Waals surface area contributed by atoms with Crippen molar-refractivity contribution in [1.82, 2.24) is 25.2 Å². The molecule has 1 aromatic carbocycles. The van der Waals surface area contributed by atoms with E-state index in [0.29, 0.717) is 19.7 Å². The minimum absolute atomic E-state index is 0. The van der Waals surface area contributed by atoms with Crippen LogP contribution in [0.5, 0.6) is 5.75 Å². The third-order valence-corrected chi connectivity index (χ3v) is 4.06. The van der Waals surface area contributed by atoms with E-state index in [1.54, 1.807) is 0 Å². The first kappa shape index (κ1) is 21.4. The van der Waals surface area contributed by atoms with Gasteiger partial charge in [-0.05, 0) is 37.3 Å². The van der Waals surface area contributed by atoms with Gasteiger partial charge in [0, 0.05) is 17.2 Å². The third kappa shape index (κ3) is 6.35. The molecular weight excluding hydrogens is 523 g/mol. The van der Waals surface area contributed by atoms with Gasteiger partial charge in [0.05, 0.1) is 6.54 Å². The summed E-state index contributed by atoms with van der Waals surface area (Å²) < 4.78 is 8.65. The van der Waals surface area contributed by atoms with Gasteiger partial charge in [-0.1, -0.05) is 28.1 Å². The van der Waals surface area contributed by atoms with Crippen molar-refractivity contribution in [2.75, 3.05) is 19.7 Å².